The number of methoxy groups -OCH3 is 1. The third-order valence-electron chi connectivity index (χ3n) is 3.46. The van der Waals surface area contributed by atoms with Crippen molar-refractivity contribution in [1.82, 2.24) is 10.2 Å². The van der Waals surface area contributed by atoms with Crippen LogP contribution in [0.2, 0.25) is 0 Å². The van der Waals surface area contributed by atoms with Gasteiger partial charge in [0.15, 0.2) is 0 Å². The SMILES string of the molecule is CCNC1CCN(CCOCCOC)C(C)C1. The topological polar surface area (TPSA) is 33.7 Å². The van der Waals surface area contributed by atoms with Crippen molar-refractivity contribution < 1.29 is 9.47 Å². The molecule has 0 aliphatic carbocycles. The van der Waals surface area contributed by atoms with Gasteiger partial charge in [-0.2, -0.15) is 0 Å². The predicted octanol–water partition coefficient (Wildman–Crippen LogP) is 1.11. The van der Waals surface area contributed by atoms with Crippen LogP contribution in [0.5, 0.6) is 0 Å². The lowest BCUT2D eigenvalue weighted by Gasteiger charge is -2.37. The molecule has 0 saturated carbocycles. The molecule has 0 radical (unpaired) electrons. The zero-order valence-electron chi connectivity index (χ0n) is 11.6. The fraction of sp³-hybridized carbons (Fsp3) is 1.00. The summed E-state index contributed by atoms with van der Waals surface area (Å²) < 4.78 is 10.5. The number of likely N-dealkylation sites (tertiary alicyclic amines) is 1. The van der Waals surface area contributed by atoms with E-state index in [1.807, 2.05) is 0 Å². The Balaban J connectivity index is 2.10. The Hall–Kier alpha value is -0.160. The molecular weight excluding hydrogens is 216 g/mol. The second kappa shape index (κ2) is 8.86. The molecule has 0 spiro atoms. The minimum atomic E-state index is 0.666. The molecule has 1 rings (SSSR count). The number of nitrogens with zero attached hydrogens (tertiary/aromatic N) is 1. The average Bonchev–Trinajstić information content (AvgIpc) is 2.32. The normalized spacial score (nSPS) is 26.3. The molecule has 0 bridgehead atoms. The lowest BCUT2D eigenvalue weighted by Crippen LogP contribution is -2.48. The van der Waals surface area contributed by atoms with Crippen molar-refractivity contribution in [2.24, 2.45) is 0 Å². The Morgan fingerprint density at radius 3 is 2.76 bits per heavy atom. The summed E-state index contributed by atoms with van der Waals surface area (Å²) >= 11 is 0. The monoisotopic (exact) mass is 244 g/mol. The average molecular weight is 244 g/mol. The highest BCUT2D eigenvalue weighted by atomic mass is 16.5. The van der Waals surface area contributed by atoms with Crippen molar-refractivity contribution in [2.75, 3.05) is 46.6 Å². The van der Waals surface area contributed by atoms with Gasteiger partial charge in [-0.05, 0) is 32.9 Å². The van der Waals surface area contributed by atoms with Crippen LogP contribution >= 0.6 is 0 Å². The minimum absolute atomic E-state index is 0.666. The van der Waals surface area contributed by atoms with Gasteiger partial charge >= 0.3 is 0 Å². The summed E-state index contributed by atoms with van der Waals surface area (Å²) in [5, 5.41) is 3.54. The van der Waals surface area contributed by atoms with Gasteiger partial charge in [0.25, 0.3) is 0 Å². The predicted molar refractivity (Wildman–Crippen MR) is 70.4 cm³/mol. The maximum Gasteiger partial charge on any atom is 0.0700 e. The van der Waals surface area contributed by atoms with Crippen LogP contribution in [0.4, 0.5) is 0 Å². The fourth-order valence-corrected chi connectivity index (χ4v) is 2.45. The molecular formula is C13H28N2O2. The van der Waals surface area contributed by atoms with Gasteiger partial charge in [-0.25, -0.2) is 0 Å². The number of ether oxygens (including phenoxy) is 2. The van der Waals surface area contributed by atoms with Crippen molar-refractivity contribution in [2.45, 2.75) is 38.8 Å². The van der Waals surface area contributed by atoms with E-state index in [9.17, 15) is 0 Å². The molecule has 1 aliphatic rings. The first-order valence-electron chi connectivity index (χ1n) is 6.82. The van der Waals surface area contributed by atoms with E-state index in [-0.39, 0.29) is 0 Å². The fourth-order valence-electron chi connectivity index (χ4n) is 2.45. The number of rotatable bonds is 8. The molecule has 17 heavy (non-hydrogen) atoms. The summed E-state index contributed by atoms with van der Waals surface area (Å²) in [5.74, 6) is 0. The molecule has 1 N–H and O–H groups in total. The van der Waals surface area contributed by atoms with Gasteiger partial charge < -0.3 is 14.8 Å². The zero-order valence-corrected chi connectivity index (χ0v) is 11.6. The van der Waals surface area contributed by atoms with Gasteiger partial charge in [0, 0.05) is 25.7 Å². The Bertz CT molecular complexity index is 190. The van der Waals surface area contributed by atoms with E-state index in [1.165, 1.54) is 19.4 Å². The highest BCUT2D eigenvalue weighted by molar-refractivity contribution is 4.82. The molecule has 2 atom stereocenters. The summed E-state index contributed by atoms with van der Waals surface area (Å²) in [7, 11) is 1.71. The Morgan fingerprint density at radius 2 is 2.12 bits per heavy atom. The van der Waals surface area contributed by atoms with Gasteiger partial charge in [0.05, 0.1) is 19.8 Å². The first kappa shape index (κ1) is 14.9. The van der Waals surface area contributed by atoms with E-state index in [0.717, 1.165) is 19.7 Å². The van der Waals surface area contributed by atoms with E-state index < -0.39 is 0 Å². The largest absolute Gasteiger partial charge is 0.382 e. The number of nitrogens with one attached hydrogen (secondary N) is 1. The van der Waals surface area contributed by atoms with E-state index in [0.29, 0.717) is 25.3 Å². The third-order valence-corrected chi connectivity index (χ3v) is 3.46. The molecule has 102 valence electrons. The van der Waals surface area contributed by atoms with Crippen molar-refractivity contribution in [1.29, 1.82) is 0 Å². The van der Waals surface area contributed by atoms with Crippen molar-refractivity contribution in [3.8, 4) is 0 Å². The van der Waals surface area contributed by atoms with Crippen LogP contribution < -0.4 is 5.32 Å². The van der Waals surface area contributed by atoms with Gasteiger partial charge in [-0.3, -0.25) is 4.90 Å². The quantitative estimate of drug-likeness (QED) is 0.649. The molecule has 0 aromatic heterocycles. The van der Waals surface area contributed by atoms with E-state index in [1.54, 1.807) is 7.11 Å². The van der Waals surface area contributed by atoms with Crippen LogP contribution in [0.25, 0.3) is 0 Å². The molecule has 4 nitrogen and oxygen atoms in total. The van der Waals surface area contributed by atoms with Crippen LogP contribution in [-0.4, -0.2) is 63.5 Å². The van der Waals surface area contributed by atoms with E-state index >= 15 is 0 Å². The molecule has 0 aromatic rings. The summed E-state index contributed by atoms with van der Waals surface area (Å²) in [4.78, 5) is 2.53. The lowest BCUT2D eigenvalue weighted by atomic mass is 9.98. The molecule has 1 heterocycles. The highest BCUT2D eigenvalue weighted by Crippen LogP contribution is 2.16. The van der Waals surface area contributed by atoms with Crippen LogP contribution in [0.3, 0.4) is 0 Å². The van der Waals surface area contributed by atoms with Crippen LogP contribution in [-0.2, 0) is 9.47 Å². The number of hydrogen-bond acceptors (Lipinski definition) is 4. The van der Waals surface area contributed by atoms with Gasteiger partial charge in [0.1, 0.15) is 0 Å². The van der Waals surface area contributed by atoms with Gasteiger partial charge in [-0.15, -0.1) is 0 Å². The molecule has 1 saturated heterocycles. The van der Waals surface area contributed by atoms with E-state index in [4.69, 9.17) is 9.47 Å². The maximum absolute atomic E-state index is 5.52. The summed E-state index contributed by atoms with van der Waals surface area (Å²) in [6, 6.07) is 1.37. The van der Waals surface area contributed by atoms with Crippen LogP contribution in [0.15, 0.2) is 0 Å². The Morgan fingerprint density at radius 1 is 1.29 bits per heavy atom. The molecule has 2 unspecified atom stereocenters. The molecule has 4 heteroatoms. The van der Waals surface area contributed by atoms with Crippen molar-refractivity contribution >= 4 is 0 Å². The molecule has 0 aromatic carbocycles. The van der Waals surface area contributed by atoms with Crippen molar-refractivity contribution in [3.63, 3.8) is 0 Å². The Labute approximate surface area is 106 Å². The number of hydrogen-bond donors (Lipinski definition) is 1. The lowest BCUT2D eigenvalue weighted by molar-refractivity contribution is 0.0414. The van der Waals surface area contributed by atoms with Crippen molar-refractivity contribution in [3.05, 3.63) is 0 Å². The summed E-state index contributed by atoms with van der Waals surface area (Å²) in [6.45, 7) is 10.0. The second-order valence-electron chi connectivity index (χ2n) is 4.77. The van der Waals surface area contributed by atoms with Gasteiger partial charge in [0.2, 0.25) is 0 Å². The summed E-state index contributed by atoms with van der Waals surface area (Å²) in [6.07, 6.45) is 2.52. The zero-order chi connectivity index (χ0) is 12.5. The first-order chi connectivity index (χ1) is 8.27. The molecule has 1 fully saturated rings. The first-order valence-corrected chi connectivity index (χ1v) is 6.82. The van der Waals surface area contributed by atoms with Crippen LogP contribution in [0, 0.1) is 0 Å². The standard InChI is InChI=1S/C13H28N2O2/c1-4-14-13-5-6-15(12(2)11-13)7-8-17-10-9-16-3/h12-14H,4-11H2,1-3H3. The minimum Gasteiger partial charge on any atom is -0.382 e. The highest BCUT2D eigenvalue weighted by Gasteiger charge is 2.24. The smallest absolute Gasteiger partial charge is 0.0700 e. The van der Waals surface area contributed by atoms with Gasteiger partial charge in [-0.1, -0.05) is 6.92 Å². The van der Waals surface area contributed by atoms with Crippen LogP contribution in [0.1, 0.15) is 26.7 Å². The number of piperidine rings is 1. The molecule has 0 amide bonds. The molecule has 1 aliphatic heterocycles. The summed E-state index contributed by atoms with van der Waals surface area (Å²) in [5.41, 5.74) is 0. The van der Waals surface area contributed by atoms with E-state index in [2.05, 4.69) is 24.1 Å². The third kappa shape index (κ3) is 5.82. The second-order valence-corrected chi connectivity index (χ2v) is 4.77. The maximum atomic E-state index is 5.52. The Kier molecular flexibility index (Phi) is 7.77.